The molecule has 0 atom stereocenters. The molecule has 0 spiro atoms. The number of hydrogen-bond donors (Lipinski definition) is 0. The third kappa shape index (κ3) is 4.16. The van der Waals surface area contributed by atoms with Gasteiger partial charge < -0.3 is 14.5 Å². The van der Waals surface area contributed by atoms with Gasteiger partial charge in [0.25, 0.3) is 5.91 Å². The van der Waals surface area contributed by atoms with Crippen molar-refractivity contribution in [1.29, 1.82) is 0 Å². The van der Waals surface area contributed by atoms with Gasteiger partial charge in [-0.15, -0.1) is 0 Å². The number of carbonyl (C=O) groups is 3. The first-order chi connectivity index (χ1) is 13.1. The second-order valence-corrected chi connectivity index (χ2v) is 6.22. The van der Waals surface area contributed by atoms with Gasteiger partial charge in [-0.05, 0) is 37.6 Å². The summed E-state index contributed by atoms with van der Waals surface area (Å²) in [6.07, 6.45) is 1.24. The normalized spacial score (nSPS) is 13.5. The molecule has 1 heterocycles. The number of carbonyl (C=O) groups excluding carboxylic acids is 3. The van der Waals surface area contributed by atoms with E-state index in [-0.39, 0.29) is 18.4 Å². The number of esters is 1. The molecule has 0 bridgehead atoms. The Morgan fingerprint density at radius 3 is 2.44 bits per heavy atom. The van der Waals surface area contributed by atoms with Gasteiger partial charge in [-0.2, -0.15) is 0 Å². The van der Waals surface area contributed by atoms with Crippen molar-refractivity contribution < 1.29 is 19.1 Å². The van der Waals surface area contributed by atoms with E-state index in [4.69, 9.17) is 4.74 Å². The van der Waals surface area contributed by atoms with Crippen LogP contribution in [0, 0.1) is 0 Å². The van der Waals surface area contributed by atoms with Crippen LogP contribution in [0.1, 0.15) is 30.1 Å². The van der Waals surface area contributed by atoms with Crippen LogP contribution in [0.4, 0.5) is 11.4 Å². The highest BCUT2D eigenvalue weighted by molar-refractivity contribution is 6.04. The van der Waals surface area contributed by atoms with Gasteiger partial charge in [0.1, 0.15) is 0 Å². The van der Waals surface area contributed by atoms with Crippen LogP contribution in [0.2, 0.25) is 0 Å². The van der Waals surface area contributed by atoms with Crippen molar-refractivity contribution in [2.75, 3.05) is 29.5 Å². The zero-order valence-electron chi connectivity index (χ0n) is 15.3. The van der Waals surface area contributed by atoms with Crippen molar-refractivity contribution in [3.05, 3.63) is 60.2 Å². The Bertz CT molecular complexity index is 835. The highest BCUT2D eigenvalue weighted by atomic mass is 16.5. The van der Waals surface area contributed by atoms with Crippen molar-refractivity contribution in [2.45, 2.75) is 19.8 Å². The molecule has 27 heavy (non-hydrogen) atoms. The first-order valence-electron chi connectivity index (χ1n) is 9.03. The topological polar surface area (TPSA) is 66.9 Å². The third-order valence-corrected chi connectivity index (χ3v) is 4.50. The minimum absolute atomic E-state index is 0.00689. The molecule has 1 aliphatic heterocycles. The summed E-state index contributed by atoms with van der Waals surface area (Å²) in [5.41, 5.74) is 1.58. The molecule has 0 aliphatic carbocycles. The molecular formula is C21H22N2O4. The van der Waals surface area contributed by atoms with E-state index in [0.717, 1.165) is 12.1 Å². The predicted molar refractivity (Wildman–Crippen MR) is 103 cm³/mol. The molecule has 0 radical (unpaired) electrons. The standard InChI is InChI=1S/C21H22N2O4/c1-2-22(16-9-4-3-5-10-16)20(25)15-27-21(26)17-11-6-7-12-18(17)23-14-8-13-19(23)24/h3-7,9-12H,2,8,13-15H2,1H3. The summed E-state index contributed by atoms with van der Waals surface area (Å²) in [7, 11) is 0. The van der Waals surface area contributed by atoms with Crippen molar-refractivity contribution in [1.82, 2.24) is 0 Å². The van der Waals surface area contributed by atoms with Crippen LogP contribution >= 0.6 is 0 Å². The Morgan fingerprint density at radius 2 is 1.78 bits per heavy atom. The lowest BCUT2D eigenvalue weighted by molar-refractivity contribution is -0.121. The van der Waals surface area contributed by atoms with Crippen LogP contribution in [-0.2, 0) is 14.3 Å². The molecule has 6 heteroatoms. The number of rotatable bonds is 6. The van der Waals surface area contributed by atoms with Crippen molar-refractivity contribution in [3.63, 3.8) is 0 Å². The molecule has 2 aromatic rings. The number of ether oxygens (including phenoxy) is 1. The van der Waals surface area contributed by atoms with E-state index in [2.05, 4.69) is 0 Å². The van der Waals surface area contributed by atoms with Crippen LogP contribution in [-0.4, -0.2) is 37.5 Å². The maximum atomic E-state index is 12.5. The highest BCUT2D eigenvalue weighted by Gasteiger charge is 2.26. The zero-order valence-corrected chi connectivity index (χ0v) is 15.3. The SMILES string of the molecule is CCN(C(=O)COC(=O)c1ccccc1N1CCCC1=O)c1ccccc1. The first-order valence-corrected chi connectivity index (χ1v) is 9.03. The predicted octanol–water partition coefficient (Wildman–Crippen LogP) is 3.02. The number of nitrogens with zero attached hydrogens (tertiary/aromatic N) is 2. The minimum Gasteiger partial charge on any atom is -0.452 e. The molecule has 2 amide bonds. The highest BCUT2D eigenvalue weighted by Crippen LogP contribution is 2.26. The van der Waals surface area contributed by atoms with E-state index in [0.29, 0.717) is 30.8 Å². The van der Waals surface area contributed by atoms with Crippen LogP contribution in [0.5, 0.6) is 0 Å². The maximum Gasteiger partial charge on any atom is 0.340 e. The molecule has 1 aliphatic rings. The zero-order chi connectivity index (χ0) is 19.2. The molecule has 0 N–H and O–H groups in total. The smallest absolute Gasteiger partial charge is 0.340 e. The van der Waals surface area contributed by atoms with Gasteiger partial charge in [-0.1, -0.05) is 30.3 Å². The molecule has 140 valence electrons. The fourth-order valence-electron chi connectivity index (χ4n) is 3.18. The molecule has 2 aromatic carbocycles. The molecule has 1 saturated heterocycles. The van der Waals surface area contributed by atoms with Gasteiger partial charge in [0.05, 0.1) is 11.3 Å². The van der Waals surface area contributed by atoms with Gasteiger partial charge in [0.15, 0.2) is 6.61 Å². The molecule has 3 rings (SSSR count). The summed E-state index contributed by atoms with van der Waals surface area (Å²) in [6, 6.07) is 16.1. The number of amides is 2. The molecule has 0 saturated carbocycles. The van der Waals surface area contributed by atoms with Gasteiger partial charge in [-0.3, -0.25) is 9.59 Å². The van der Waals surface area contributed by atoms with E-state index in [1.807, 2.05) is 37.3 Å². The first kappa shape index (κ1) is 18.6. The second kappa shape index (κ2) is 8.49. The van der Waals surface area contributed by atoms with E-state index in [9.17, 15) is 14.4 Å². The average Bonchev–Trinajstić information content (AvgIpc) is 3.13. The molecular weight excluding hydrogens is 344 g/mol. The Labute approximate surface area is 158 Å². The molecule has 0 aromatic heterocycles. The number of para-hydroxylation sites is 2. The molecule has 1 fully saturated rings. The van der Waals surface area contributed by atoms with Gasteiger partial charge in [-0.25, -0.2) is 4.79 Å². The summed E-state index contributed by atoms with van der Waals surface area (Å²) >= 11 is 0. The lowest BCUT2D eigenvalue weighted by Gasteiger charge is -2.21. The summed E-state index contributed by atoms with van der Waals surface area (Å²) < 4.78 is 5.26. The Hall–Kier alpha value is -3.15. The lowest BCUT2D eigenvalue weighted by atomic mass is 10.1. The molecule has 0 unspecified atom stereocenters. The third-order valence-electron chi connectivity index (χ3n) is 4.50. The maximum absolute atomic E-state index is 12.5. The van der Waals surface area contributed by atoms with E-state index in [1.165, 1.54) is 0 Å². The Kier molecular flexibility index (Phi) is 5.86. The fourth-order valence-corrected chi connectivity index (χ4v) is 3.18. The van der Waals surface area contributed by atoms with E-state index in [1.54, 1.807) is 34.1 Å². The van der Waals surface area contributed by atoms with Crippen molar-refractivity contribution in [2.24, 2.45) is 0 Å². The van der Waals surface area contributed by atoms with Crippen LogP contribution in [0.15, 0.2) is 54.6 Å². The average molecular weight is 366 g/mol. The summed E-state index contributed by atoms with van der Waals surface area (Å²) in [6.45, 7) is 2.56. The summed E-state index contributed by atoms with van der Waals surface area (Å²) in [5, 5.41) is 0. The number of likely N-dealkylation sites (N-methyl/N-ethyl adjacent to an activating group) is 1. The van der Waals surface area contributed by atoms with Crippen molar-refractivity contribution >= 4 is 29.2 Å². The minimum atomic E-state index is -0.609. The second-order valence-electron chi connectivity index (χ2n) is 6.22. The monoisotopic (exact) mass is 366 g/mol. The van der Waals surface area contributed by atoms with Gasteiger partial charge in [0.2, 0.25) is 5.91 Å². The number of benzene rings is 2. The van der Waals surface area contributed by atoms with Crippen LogP contribution in [0.25, 0.3) is 0 Å². The fraction of sp³-hybridized carbons (Fsp3) is 0.286. The number of hydrogen-bond acceptors (Lipinski definition) is 4. The summed E-state index contributed by atoms with van der Waals surface area (Å²) in [5.74, 6) is -0.915. The van der Waals surface area contributed by atoms with E-state index >= 15 is 0 Å². The molecule has 6 nitrogen and oxygen atoms in total. The van der Waals surface area contributed by atoms with Gasteiger partial charge >= 0.3 is 5.97 Å². The Morgan fingerprint density at radius 1 is 1.07 bits per heavy atom. The lowest BCUT2D eigenvalue weighted by Crippen LogP contribution is -2.34. The van der Waals surface area contributed by atoms with Crippen molar-refractivity contribution in [3.8, 4) is 0 Å². The Balaban J connectivity index is 1.69. The largest absolute Gasteiger partial charge is 0.452 e. The van der Waals surface area contributed by atoms with Gasteiger partial charge in [0, 0.05) is 25.2 Å². The summed E-state index contributed by atoms with van der Waals surface area (Å²) in [4.78, 5) is 40.2. The number of anilines is 2. The van der Waals surface area contributed by atoms with E-state index < -0.39 is 5.97 Å². The quantitative estimate of drug-likeness (QED) is 0.737. The van der Waals surface area contributed by atoms with Crippen LogP contribution in [0.3, 0.4) is 0 Å². The van der Waals surface area contributed by atoms with Crippen LogP contribution < -0.4 is 9.80 Å².